The van der Waals surface area contributed by atoms with Crippen LogP contribution in [0.3, 0.4) is 0 Å². The average Bonchev–Trinajstić information content (AvgIpc) is 3.12. The zero-order valence-electron chi connectivity index (χ0n) is 18.5. The van der Waals surface area contributed by atoms with Crippen LogP contribution in [0, 0.1) is 11.6 Å². The summed E-state index contributed by atoms with van der Waals surface area (Å²) in [6.45, 7) is 1.65. The van der Waals surface area contributed by atoms with Crippen LogP contribution in [0.1, 0.15) is 18.9 Å². The molecular weight excluding hydrogens is 440 g/mol. The van der Waals surface area contributed by atoms with Crippen LogP contribution in [0.25, 0.3) is 22.5 Å². The van der Waals surface area contributed by atoms with Gasteiger partial charge in [-0.15, -0.1) is 0 Å². The van der Waals surface area contributed by atoms with E-state index in [4.69, 9.17) is 4.74 Å². The number of aromatic nitrogens is 4. The summed E-state index contributed by atoms with van der Waals surface area (Å²) in [4.78, 5) is 22.1. The molecule has 0 bridgehead atoms. The number of hydrogen-bond acceptors (Lipinski definition) is 5. The van der Waals surface area contributed by atoms with Crippen molar-refractivity contribution >= 4 is 0 Å². The number of nitrogens with zero attached hydrogens (tertiary/aromatic N) is 4. The van der Waals surface area contributed by atoms with E-state index < -0.39 is 5.82 Å². The van der Waals surface area contributed by atoms with Gasteiger partial charge in [0.05, 0.1) is 23.0 Å². The van der Waals surface area contributed by atoms with Crippen LogP contribution < -0.4 is 15.6 Å². The van der Waals surface area contributed by atoms with Crippen molar-refractivity contribution in [2.45, 2.75) is 18.9 Å². The summed E-state index contributed by atoms with van der Waals surface area (Å²) in [6.07, 6.45) is 3.18. The molecule has 0 radical (unpaired) electrons. The van der Waals surface area contributed by atoms with E-state index in [2.05, 4.69) is 15.3 Å². The molecule has 2 aromatic carbocycles. The number of hydrogen-bond donors (Lipinski definition) is 1. The molecule has 4 aromatic rings. The number of nitrogens with one attached hydrogen (secondary N) is 1. The molecule has 0 amide bonds. The molecule has 1 saturated heterocycles. The number of ether oxygens (including phenoxy) is 1. The topological polar surface area (TPSA) is 74.0 Å². The largest absolute Gasteiger partial charge is 0.421 e. The minimum atomic E-state index is -0.533. The molecular formula is C25H23F2N5O2. The monoisotopic (exact) mass is 463 g/mol. The molecule has 1 aliphatic rings. The van der Waals surface area contributed by atoms with Gasteiger partial charge in [0.15, 0.2) is 11.6 Å². The molecule has 7 nitrogen and oxygen atoms in total. The molecule has 0 saturated carbocycles. The van der Waals surface area contributed by atoms with Gasteiger partial charge in [0.1, 0.15) is 5.82 Å². The van der Waals surface area contributed by atoms with E-state index in [0.717, 1.165) is 25.9 Å². The van der Waals surface area contributed by atoms with Crippen LogP contribution in [-0.2, 0) is 7.05 Å². The van der Waals surface area contributed by atoms with Crippen LogP contribution in [0.5, 0.6) is 11.8 Å². The maximum atomic E-state index is 14.1. The lowest BCUT2D eigenvalue weighted by atomic mass is 10.0. The lowest BCUT2D eigenvalue weighted by Gasteiger charge is -2.27. The van der Waals surface area contributed by atoms with E-state index in [-0.39, 0.29) is 29.2 Å². The standard InChI is InChI=1S/C25H23F2N5O2/c1-31-24(33)22(16-6-8-17(26)9-7-16)23(32(31)18-10-13-28-14-11-18)20-12-15-29-25(30-20)34-21-5-3-2-4-19(21)27/h2-9,12,15,18,28H,10-11,13-14H2,1H3. The smallest absolute Gasteiger partial charge is 0.322 e. The number of para-hydroxylation sites is 1. The number of piperidine rings is 1. The van der Waals surface area contributed by atoms with Crippen molar-refractivity contribution in [3.8, 4) is 34.3 Å². The molecule has 174 valence electrons. The molecule has 0 atom stereocenters. The van der Waals surface area contributed by atoms with Crippen molar-refractivity contribution in [3.05, 3.63) is 82.8 Å². The summed E-state index contributed by atoms with van der Waals surface area (Å²) in [7, 11) is 1.72. The van der Waals surface area contributed by atoms with E-state index >= 15 is 0 Å². The molecule has 0 aliphatic carbocycles. The Kier molecular flexibility index (Phi) is 5.93. The fourth-order valence-corrected chi connectivity index (χ4v) is 4.37. The van der Waals surface area contributed by atoms with Gasteiger partial charge in [-0.1, -0.05) is 24.3 Å². The molecule has 1 N–H and O–H groups in total. The summed E-state index contributed by atoms with van der Waals surface area (Å²) < 4.78 is 36.9. The van der Waals surface area contributed by atoms with Gasteiger partial charge in [0.2, 0.25) is 0 Å². The Bertz CT molecular complexity index is 1380. The zero-order valence-corrected chi connectivity index (χ0v) is 18.5. The molecule has 9 heteroatoms. The molecule has 2 aromatic heterocycles. The Morgan fingerprint density at radius 1 is 1.03 bits per heavy atom. The van der Waals surface area contributed by atoms with Gasteiger partial charge < -0.3 is 10.1 Å². The first-order valence-corrected chi connectivity index (χ1v) is 11.1. The first-order valence-electron chi connectivity index (χ1n) is 11.1. The van der Waals surface area contributed by atoms with Gasteiger partial charge in [-0.3, -0.25) is 14.2 Å². The summed E-state index contributed by atoms with van der Waals surface area (Å²) in [5, 5.41) is 3.34. The summed E-state index contributed by atoms with van der Waals surface area (Å²) in [5.41, 5.74) is 1.83. The van der Waals surface area contributed by atoms with Gasteiger partial charge in [-0.2, -0.15) is 4.98 Å². The predicted molar refractivity (Wildman–Crippen MR) is 124 cm³/mol. The van der Waals surface area contributed by atoms with Crippen molar-refractivity contribution in [1.82, 2.24) is 24.6 Å². The van der Waals surface area contributed by atoms with Gasteiger partial charge in [0, 0.05) is 13.2 Å². The Balaban J connectivity index is 1.68. The predicted octanol–water partition coefficient (Wildman–Crippen LogP) is 4.31. The van der Waals surface area contributed by atoms with Gasteiger partial charge in [-0.25, -0.2) is 13.8 Å². The fraction of sp³-hybridized carbons (Fsp3) is 0.240. The van der Waals surface area contributed by atoms with Crippen molar-refractivity contribution in [3.63, 3.8) is 0 Å². The molecule has 0 unspecified atom stereocenters. The first-order chi connectivity index (χ1) is 16.5. The van der Waals surface area contributed by atoms with Crippen molar-refractivity contribution in [2.24, 2.45) is 7.05 Å². The van der Waals surface area contributed by atoms with Crippen LogP contribution in [0.4, 0.5) is 8.78 Å². The third-order valence-electron chi connectivity index (χ3n) is 6.00. The van der Waals surface area contributed by atoms with E-state index in [1.54, 1.807) is 42.1 Å². The molecule has 1 aliphatic heterocycles. The second-order valence-electron chi connectivity index (χ2n) is 8.14. The van der Waals surface area contributed by atoms with Crippen molar-refractivity contribution in [1.29, 1.82) is 0 Å². The van der Waals surface area contributed by atoms with Crippen LogP contribution in [0.15, 0.2) is 65.6 Å². The molecule has 0 spiro atoms. The Hall–Kier alpha value is -3.85. The van der Waals surface area contributed by atoms with Gasteiger partial charge in [0.25, 0.3) is 5.56 Å². The number of halogens is 2. The van der Waals surface area contributed by atoms with Crippen molar-refractivity contribution < 1.29 is 13.5 Å². The minimum Gasteiger partial charge on any atom is -0.421 e. The van der Waals surface area contributed by atoms with E-state index in [1.807, 2.05) is 4.68 Å². The fourth-order valence-electron chi connectivity index (χ4n) is 4.37. The molecule has 1 fully saturated rings. The van der Waals surface area contributed by atoms with Crippen LogP contribution in [0.2, 0.25) is 0 Å². The number of rotatable bonds is 5. The van der Waals surface area contributed by atoms with E-state index in [0.29, 0.717) is 22.5 Å². The lowest BCUT2D eigenvalue weighted by Crippen LogP contribution is -2.33. The van der Waals surface area contributed by atoms with E-state index in [9.17, 15) is 13.6 Å². The lowest BCUT2D eigenvalue weighted by molar-refractivity contribution is 0.313. The first kappa shape index (κ1) is 22.0. The highest BCUT2D eigenvalue weighted by atomic mass is 19.1. The zero-order chi connectivity index (χ0) is 23.7. The highest BCUT2D eigenvalue weighted by molar-refractivity contribution is 5.79. The summed E-state index contributed by atoms with van der Waals surface area (Å²) in [5.74, 6) is -0.917. The normalized spacial score (nSPS) is 14.3. The second kappa shape index (κ2) is 9.18. The summed E-state index contributed by atoms with van der Waals surface area (Å²) in [6, 6.07) is 13.5. The second-order valence-corrected chi connectivity index (χ2v) is 8.14. The Labute approximate surface area is 194 Å². The van der Waals surface area contributed by atoms with Gasteiger partial charge in [-0.05, 0) is 61.8 Å². The molecule has 3 heterocycles. The third kappa shape index (κ3) is 4.10. The molecule has 5 rings (SSSR count). The summed E-state index contributed by atoms with van der Waals surface area (Å²) >= 11 is 0. The van der Waals surface area contributed by atoms with E-state index in [1.165, 1.54) is 30.5 Å². The van der Waals surface area contributed by atoms with Gasteiger partial charge >= 0.3 is 6.01 Å². The number of benzene rings is 2. The molecule has 34 heavy (non-hydrogen) atoms. The van der Waals surface area contributed by atoms with Crippen molar-refractivity contribution in [2.75, 3.05) is 13.1 Å². The van der Waals surface area contributed by atoms with Crippen LogP contribution in [-0.4, -0.2) is 32.4 Å². The average molecular weight is 463 g/mol. The highest BCUT2D eigenvalue weighted by Gasteiger charge is 2.28. The third-order valence-corrected chi connectivity index (χ3v) is 6.00. The van der Waals surface area contributed by atoms with Crippen LogP contribution >= 0.6 is 0 Å². The Morgan fingerprint density at radius 2 is 1.76 bits per heavy atom. The Morgan fingerprint density at radius 3 is 2.50 bits per heavy atom. The SMILES string of the molecule is Cn1c(=O)c(-c2ccc(F)cc2)c(-c2ccnc(Oc3ccccc3F)n2)n1C1CCNCC1. The maximum Gasteiger partial charge on any atom is 0.322 e. The highest BCUT2D eigenvalue weighted by Crippen LogP contribution is 2.34. The minimum absolute atomic E-state index is 0.00205. The maximum absolute atomic E-state index is 14.1. The quantitative estimate of drug-likeness (QED) is 0.478.